The first-order valence-corrected chi connectivity index (χ1v) is 7.70. The Labute approximate surface area is 151 Å². The van der Waals surface area contributed by atoms with Crippen LogP contribution in [0.3, 0.4) is 0 Å². The molecule has 0 fully saturated rings. The van der Waals surface area contributed by atoms with Crippen molar-refractivity contribution >= 4 is 11.6 Å². The SMILES string of the molecule is COc1ccc(-c2cc(C(=O)Nc3ccc(F)cc3)c(C(F)(F)F)o2)cc1. The van der Waals surface area contributed by atoms with E-state index in [4.69, 9.17) is 9.15 Å². The zero-order chi connectivity index (χ0) is 19.6. The van der Waals surface area contributed by atoms with Crippen molar-refractivity contribution in [1.82, 2.24) is 0 Å². The molecule has 8 heteroatoms. The third-order valence-corrected chi connectivity index (χ3v) is 3.71. The van der Waals surface area contributed by atoms with Crippen LogP contribution in [-0.4, -0.2) is 13.0 Å². The summed E-state index contributed by atoms with van der Waals surface area (Å²) in [6, 6.07) is 11.8. The molecular formula is C19H13F4NO3. The molecule has 0 aliphatic rings. The average molecular weight is 379 g/mol. The molecule has 0 aliphatic carbocycles. The fraction of sp³-hybridized carbons (Fsp3) is 0.105. The Morgan fingerprint density at radius 2 is 1.67 bits per heavy atom. The fourth-order valence-electron chi connectivity index (χ4n) is 2.40. The molecular weight excluding hydrogens is 366 g/mol. The lowest BCUT2D eigenvalue weighted by Crippen LogP contribution is -2.16. The maximum atomic E-state index is 13.3. The van der Waals surface area contributed by atoms with Gasteiger partial charge in [0.15, 0.2) is 0 Å². The molecule has 0 spiro atoms. The number of nitrogens with one attached hydrogen (secondary N) is 1. The van der Waals surface area contributed by atoms with E-state index in [0.717, 1.165) is 18.2 Å². The lowest BCUT2D eigenvalue weighted by atomic mass is 10.1. The molecule has 0 saturated carbocycles. The minimum absolute atomic E-state index is 0.116. The predicted molar refractivity (Wildman–Crippen MR) is 90.1 cm³/mol. The van der Waals surface area contributed by atoms with Crippen LogP contribution in [0.15, 0.2) is 59.0 Å². The minimum atomic E-state index is -4.86. The summed E-state index contributed by atoms with van der Waals surface area (Å²) in [7, 11) is 1.46. The first-order valence-electron chi connectivity index (χ1n) is 7.70. The van der Waals surface area contributed by atoms with Gasteiger partial charge < -0.3 is 14.5 Å². The van der Waals surface area contributed by atoms with Crippen molar-refractivity contribution in [3.63, 3.8) is 0 Å². The Kier molecular flexibility index (Phi) is 4.89. The number of halogens is 4. The zero-order valence-corrected chi connectivity index (χ0v) is 13.9. The number of ether oxygens (including phenoxy) is 1. The van der Waals surface area contributed by atoms with E-state index in [2.05, 4.69) is 5.32 Å². The standard InChI is InChI=1S/C19H13F4NO3/c1-26-14-8-2-11(3-9-14)16-10-15(17(27-16)19(21,22)23)18(25)24-13-6-4-12(20)5-7-13/h2-10H,1H3,(H,24,25). The van der Waals surface area contributed by atoms with Crippen LogP contribution in [-0.2, 0) is 6.18 Å². The highest BCUT2D eigenvalue weighted by atomic mass is 19.4. The highest BCUT2D eigenvalue weighted by Crippen LogP contribution is 2.37. The molecule has 3 aromatic rings. The van der Waals surface area contributed by atoms with Crippen molar-refractivity contribution < 1.29 is 31.5 Å². The highest BCUT2D eigenvalue weighted by molar-refractivity contribution is 6.05. The average Bonchev–Trinajstić information content (AvgIpc) is 3.10. The van der Waals surface area contributed by atoms with Gasteiger partial charge in [0.05, 0.1) is 12.7 Å². The normalized spacial score (nSPS) is 11.3. The van der Waals surface area contributed by atoms with Crippen LogP contribution in [0.25, 0.3) is 11.3 Å². The van der Waals surface area contributed by atoms with Gasteiger partial charge in [0.1, 0.15) is 17.3 Å². The second kappa shape index (κ2) is 7.14. The van der Waals surface area contributed by atoms with E-state index in [0.29, 0.717) is 11.3 Å². The molecule has 1 aromatic heterocycles. The van der Waals surface area contributed by atoms with Gasteiger partial charge in [-0.1, -0.05) is 0 Å². The number of methoxy groups -OCH3 is 1. The number of hydrogen-bond acceptors (Lipinski definition) is 3. The molecule has 0 unspecified atom stereocenters. The van der Waals surface area contributed by atoms with Gasteiger partial charge in [-0.3, -0.25) is 4.79 Å². The van der Waals surface area contributed by atoms with Crippen LogP contribution >= 0.6 is 0 Å². The third kappa shape index (κ3) is 4.11. The quantitative estimate of drug-likeness (QED) is 0.621. The summed E-state index contributed by atoms with van der Waals surface area (Å²) in [6.07, 6.45) is -4.86. The first kappa shape index (κ1) is 18.5. The van der Waals surface area contributed by atoms with Crippen molar-refractivity contribution in [2.24, 2.45) is 0 Å². The largest absolute Gasteiger partial charge is 0.497 e. The van der Waals surface area contributed by atoms with Crippen molar-refractivity contribution in [1.29, 1.82) is 0 Å². The molecule has 0 radical (unpaired) electrons. The number of benzene rings is 2. The molecule has 0 saturated heterocycles. The van der Waals surface area contributed by atoms with Gasteiger partial charge in [-0.25, -0.2) is 4.39 Å². The van der Waals surface area contributed by atoms with Crippen LogP contribution in [0.5, 0.6) is 5.75 Å². The Morgan fingerprint density at radius 1 is 1.04 bits per heavy atom. The molecule has 4 nitrogen and oxygen atoms in total. The topological polar surface area (TPSA) is 51.5 Å². The van der Waals surface area contributed by atoms with Crippen LogP contribution in [0.1, 0.15) is 16.1 Å². The van der Waals surface area contributed by atoms with Gasteiger partial charge in [0.2, 0.25) is 5.76 Å². The van der Waals surface area contributed by atoms with Crippen molar-refractivity contribution in [3.8, 4) is 17.1 Å². The van der Waals surface area contributed by atoms with Gasteiger partial charge in [-0.05, 0) is 54.6 Å². The van der Waals surface area contributed by atoms with Gasteiger partial charge in [-0.2, -0.15) is 13.2 Å². The summed E-state index contributed by atoms with van der Waals surface area (Å²) in [5.74, 6) is -2.55. The monoisotopic (exact) mass is 379 g/mol. The van der Waals surface area contributed by atoms with Gasteiger partial charge >= 0.3 is 6.18 Å². The number of furan rings is 1. The van der Waals surface area contributed by atoms with Crippen LogP contribution < -0.4 is 10.1 Å². The van der Waals surface area contributed by atoms with Crippen molar-refractivity contribution in [2.45, 2.75) is 6.18 Å². The summed E-state index contributed by atoms with van der Waals surface area (Å²) in [6.45, 7) is 0. The van der Waals surface area contributed by atoms with E-state index >= 15 is 0 Å². The molecule has 2 aromatic carbocycles. The van der Waals surface area contributed by atoms with E-state index < -0.39 is 29.2 Å². The van der Waals surface area contributed by atoms with Crippen LogP contribution in [0, 0.1) is 5.82 Å². The summed E-state index contributed by atoms with van der Waals surface area (Å²) in [5, 5.41) is 2.30. The molecule has 0 aliphatic heterocycles. The van der Waals surface area contributed by atoms with E-state index in [-0.39, 0.29) is 11.4 Å². The van der Waals surface area contributed by atoms with E-state index in [9.17, 15) is 22.4 Å². The maximum absolute atomic E-state index is 13.3. The fourth-order valence-corrected chi connectivity index (χ4v) is 2.40. The molecule has 140 valence electrons. The Hall–Kier alpha value is -3.29. The van der Waals surface area contributed by atoms with Crippen molar-refractivity contribution in [3.05, 3.63) is 71.7 Å². The number of carbonyl (C=O) groups is 1. The maximum Gasteiger partial charge on any atom is 0.450 e. The second-order valence-corrected chi connectivity index (χ2v) is 5.54. The third-order valence-electron chi connectivity index (χ3n) is 3.71. The lowest BCUT2D eigenvalue weighted by Gasteiger charge is -2.07. The zero-order valence-electron chi connectivity index (χ0n) is 13.9. The predicted octanol–water partition coefficient (Wildman–Crippen LogP) is 5.37. The molecule has 0 bridgehead atoms. The molecule has 1 N–H and O–H groups in total. The van der Waals surface area contributed by atoms with E-state index in [1.165, 1.54) is 31.4 Å². The van der Waals surface area contributed by atoms with Gasteiger partial charge in [-0.15, -0.1) is 0 Å². The number of anilines is 1. The molecule has 1 amide bonds. The number of hydrogen-bond donors (Lipinski definition) is 1. The Bertz CT molecular complexity index is 945. The summed E-state index contributed by atoms with van der Waals surface area (Å²) in [5.41, 5.74) is -0.165. The Balaban J connectivity index is 1.96. The summed E-state index contributed by atoms with van der Waals surface area (Å²) < 4.78 is 62.8. The Morgan fingerprint density at radius 3 is 2.22 bits per heavy atom. The highest BCUT2D eigenvalue weighted by Gasteiger charge is 2.40. The smallest absolute Gasteiger partial charge is 0.450 e. The summed E-state index contributed by atoms with van der Waals surface area (Å²) in [4.78, 5) is 12.3. The summed E-state index contributed by atoms with van der Waals surface area (Å²) >= 11 is 0. The second-order valence-electron chi connectivity index (χ2n) is 5.54. The van der Waals surface area contributed by atoms with Crippen molar-refractivity contribution in [2.75, 3.05) is 12.4 Å². The molecule has 1 heterocycles. The number of carbonyl (C=O) groups excluding carboxylic acids is 1. The molecule has 3 rings (SSSR count). The number of amides is 1. The molecule has 0 atom stereocenters. The number of alkyl halides is 3. The first-order chi connectivity index (χ1) is 12.8. The number of rotatable bonds is 4. The van der Waals surface area contributed by atoms with Gasteiger partial charge in [0.25, 0.3) is 5.91 Å². The van der Waals surface area contributed by atoms with Crippen LogP contribution in [0.2, 0.25) is 0 Å². The lowest BCUT2D eigenvalue weighted by molar-refractivity contribution is -0.153. The van der Waals surface area contributed by atoms with E-state index in [1.807, 2.05) is 0 Å². The van der Waals surface area contributed by atoms with Crippen LogP contribution in [0.4, 0.5) is 23.2 Å². The molecule has 27 heavy (non-hydrogen) atoms. The van der Waals surface area contributed by atoms with Gasteiger partial charge in [0, 0.05) is 11.3 Å². The van der Waals surface area contributed by atoms with E-state index in [1.54, 1.807) is 12.1 Å². The minimum Gasteiger partial charge on any atom is -0.497 e.